The maximum absolute atomic E-state index is 11.2. The zero-order valence-corrected chi connectivity index (χ0v) is 8.02. The largest absolute Gasteiger partial charge is 0.460 e. The number of nitrogens with one attached hydrogen (secondary N) is 1. The summed E-state index contributed by atoms with van der Waals surface area (Å²) in [7, 11) is 0. The number of carbonyl (C=O) groups excluding carboxylic acids is 1. The quantitative estimate of drug-likeness (QED) is 0.628. The second kappa shape index (κ2) is 3.44. The number of esters is 1. The summed E-state index contributed by atoms with van der Waals surface area (Å²) in [4.78, 5) is 11.2. The maximum Gasteiger partial charge on any atom is 0.306 e. The lowest BCUT2D eigenvalue weighted by Gasteiger charge is -2.27. The van der Waals surface area contributed by atoms with Gasteiger partial charge in [-0.25, -0.2) is 0 Å². The molecule has 0 saturated carbocycles. The summed E-state index contributed by atoms with van der Waals surface area (Å²) in [6.45, 7) is 7.59. The fourth-order valence-electron chi connectivity index (χ4n) is 1.11. The number of hydrogen-bond acceptors (Lipinski definition) is 3. The third kappa shape index (κ3) is 3.22. The van der Waals surface area contributed by atoms with Crippen molar-refractivity contribution in [2.45, 2.75) is 32.8 Å². The predicted molar refractivity (Wildman–Crippen MR) is 46.8 cm³/mol. The standard InChI is InChI=1S/C9H17NO2/c1-9(2,3)12-8(11)4-7-5-10-6-7/h7,10H,4-6H2,1-3H3. The molecule has 3 heteroatoms. The Balaban J connectivity index is 2.19. The number of hydrogen-bond donors (Lipinski definition) is 1. The Morgan fingerprint density at radius 1 is 1.50 bits per heavy atom. The molecule has 0 aliphatic carbocycles. The van der Waals surface area contributed by atoms with Gasteiger partial charge in [-0.2, -0.15) is 0 Å². The van der Waals surface area contributed by atoms with Crippen LogP contribution >= 0.6 is 0 Å². The van der Waals surface area contributed by atoms with Gasteiger partial charge in [0.2, 0.25) is 0 Å². The first kappa shape index (κ1) is 9.52. The molecule has 0 spiro atoms. The molecule has 1 saturated heterocycles. The van der Waals surface area contributed by atoms with Gasteiger partial charge in [-0.3, -0.25) is 4.79 Å². The highest BCUT2D eigenvalue weighted by Gasteiger charge is 2.23. The zero-order chi connectivity index (χ0) is 9.19. The Labute approximate surface area is 73.5 Å². The van der Waals surface area contributed by atoms with E-state index < -0.39 is 0 Å². The van der Waals surface area contributed by atoms with E-state index in [-0.39, 0.29) is 11.6 Å². The van der Waals surface area contributed by atoms with Crippen molar-refractivity contribution < 1.29 is 9.53 Å². The summed E-state index contributed by atoms with van der Waals surface area (Å²) in [5.74, 6) is 0.425. The fraction of sp³-hybridized carbons (Fsp3) is 0.889. The van der Waals surface area contributed by atoms with Crippen LogP contribution in [-0.4, -0.2) is 24.7 Å². The average molecular weight is 171 g/mol. The first-order valence-corrected chi connectivity index (χ1v) is 4.40. The minimum Gasteiger partial charge on any atom is -0.460 e. The SMILES string of the molecule is CC(C)(C)OC(=O)CC1CNC1. The van der Waals surface area contributed by atoms with Crippen molar-refractivity contribution in [1.29, 1.82) is 0 Å². The molecular formula is C9H17NO2. The second-order valence-electron chi connectivity index (χ2n) is 4.31. The fourth-order valence-corrected chi connectivity index (χ4v) is 1.11. The van der Waals surface area contributed by atoms with Crippen LogP contribution in [0.2, 0.25) is 0 Å². The maximum atomic E-state index is 11.2. The molecule has 3 nitrogen and oxygen atoms in total. The Bertz CT molecular complexity index is 168. The van der Waals surface area contributed by atoms with Crippen molar-refractivity contribution in [1.82, 2.24) is 5.32 Å². The van der Waals surface area contributed by atoms with Crippen LogP contribution in [0.4, 0.5) is 0 Å². The number of ether oxygens (including phenoxy) is 1. The van der Waals surface area contributed by atoms with Crippen LogP contribution in [0.1, 0.15) is 27.2 Å². The first-order valence-electron chi connectivity index (χ1n) is 4.40. The van der Waals surface area contributed by atoms with E-state index in [1.54, 1.807) is 0 Å². The van der Waals surface area contributed by atoms with E-state index in [0.717, 1.165) is 13.1 Å². The van der Waals surface area contributed by atoms with E-state index in [1.165, 1.54) is 0 Å². The molecule has 0 aromatic carbocycles. The smallest absolute Gasteiger partial charge is 0.306 e. The highest BCUT2D eigenvalue weighted by molar-refractivity contribution is 5.70. The molecule has 1 rings (SSSR count). The number of carbonyl (C=O) groups is 1. The van der Waals surface area contributed by atoms with E-state index >= 15 is 0 Å². The molecule has 0 amide bonds. The van der Waals surface area contributed by atoms with Crippen LogP contribution in [0.15, 0.2) is 0 Å². The van der Waals surface area contributed by atoms with Crippen LogP contribution in [0.5, 0.6) is 0 Å². The Hall–Kier alpha value is -0.570. The van der Waals surface area contributed by atoms with Gasteiger partial charge in [0.15, 0.2) is 0 Å². The topological polar surface area (TPSA) is 38.3 Å². The van der Waals surface area contributed by atoms with E-state index in [9.17, 15) is 4.79 Å². The van der Waals surface area contributed by atoms with Crippen molar-refractivity contribution in [3.05, 3.63) is 0 Å². The molecule has 0 bridgehead atoms. The minimum atomic E-state index is -0.339. The third-order valence-electron chi connectivity index (χ3n) is 1.74. The molecule has 1 fully saturated rings. The third-order valence-corrected chi connectivity index (χ3v) is 1.74. The molecule has 0 radical (unpaired) electrons. The Kier molecular flexibility index (Phi) is 2.73. The lowest BCUT2D eigenvalue weighted by molar-refractivity contribution is -0.156. The van der Waals surface area contributed by atoms with Gasteiger partial charge >= 0.3 is 5.97 Å². The lowest BCUT2D eigenvalue weighted by Crippen LogP contribution is -2.43. The minimum absolute atomic E-state index is 0.0750. The summed E-state index contributed by atoms with van der Waals surface area (Å²) in [5.41, 5.74) is -0.339. The summed E-state index contributed by atoms with van der Waals surface area (Å²) >= 11 is 0. The summed E-state index contributed by atoms with van der Waals surface area (Å²) in [6, 6.07) is 0. The van der Waals surface area contributed by atoms with Gasteiger partial charge in [-0.1, -0.05) is 0 Å². The van der Waals surface area contributed by atoms with E-state index in [1.807, 2.05) is 20.8 Å². The van der Waals surface area contributed by atoms with Crippen LogP contribution < -0.4 is 5.32 Å². The summed E-state index contributed by atoms with van der Waals surface area (Å²) < 4.78 is 5.18. The van der Waals surface area contributed by atoms with Crippen molar-refractivity contribution in [2.24, 2.45) is 5.92 Å². The highest BCUT2D eigenvalue weighted by Crippen LogP contribution is 2.13. The van der Waals surface area contributed by atoms with Gasteiger partial charge in [-0.15, -0.1) is 0 Å². The van der Waals surface area contributed by atoms with Crippen LogP contribution in [0.3, 0.4) is 0 Å². The molecule has 0 atom stereocenters. The van der Waals surface area contributed by atoms with E-state index in [4.69, 9.17) is 4.74 Å². The second-order valence-corrected chi connectivity index (χ2v) is 4.31. The molecule has 1 aliphatic heterocycles. The average Bonchev–Trinajstić information content (AvgIpc) is 1.74. The predicted octanol–water partition coefficient (Wildman–Crippen LogP) is 0.938. The monoisotopic (exact) mass is 171 g/mol. The van der Waals surface area contributed by atoms with Crippen molar-refractivity contribution >= 4 is 5.97 Å². The van der Waals surface area contributed by atoms with E-state index in [0.29, 0.717) is 12.3 Å². The van der Waals surface area contributed by atoms with Crippen LogP contribution in [0, 0.1) is 5.92 Å². The molecule has 12 heavy (non-hydrogen) atoms. The van der Waals surface area contributed by atoms with E-state index in [2.05, 4.69) is 5.32 Å². The molecule has 70 valence electrons. The van der Waals surface area contributed by atoms with Gasteiger partial charge < -0.3 is 10.1 Å². The van der Waals surface area contributed by atoms with Crippen LogP contribution in [0.25, 0.3) is 0 Å². The molecule has 1 heterocycles. The lowest BCUT2D eigenvalue weighted by atomic mass is 9.99. The van der Waals surface area contributed by atoms with Gasteiger partial charge in [0, 0.05) is 0 Å². The number of rotatable bonds is 2. The molecular weight excluding hydrogens is 154 g/mol. The van der Waals surface area contributed by atoms with Gasteiger partial charge in [0.1, 0.15) is 5.60 Å². The van der Waals surface area contributed by atoms with Crippen molar-refractivity contribution in [3.63, 3.8) is 0 Å². The molecule has 1 aliphatic rings. The first-order chi connectivity index (χ1) is 5.47. The summed E-state index contributed by atoms with van der Waals surface area (Å²) in [5, 5.41) is 3.12. The zero-order valence-electron chi connectivity index (χ0n) is 8.02. The van der Waals surface area contributed by atoms with Crippen LogP contribution in [-0.2, 0) is 9.53 Å². The van der Waals surface area contributed by atoms with Gasteiger partial charge in [-0.05, 0) is 39.8 Å². The summed E-state index contributed by atoms with van der Waals surface area (Å²) in [6.07, 6.45) is 0.560. The Morgan fingerprint density at radius 2 is 2.08 bits per heavy atom. The molecule has 0 aromatic heterocycles. The molecule has 1 N–H and O–H groups in total. The van der Waals surface area contributed by atoms with Crippen molar-refractivity contribution in [2.75, 3.05) is 13.1 Å². The Morgan fingerprint density at radius 3 is 2.42 bits per heavy atom. The van der Waals surface area contributed by atoms with Gasteiger partial charge in [0.05, 0.1) is 6.42 Å². The van der Waals surface area contributed by atoms with Crippen molar-refractivity contribution in [3.8, 4) is 0 Å². The molecule has 0 aromatic rings. The van der Waals surface area contributed by atoms with Gasteiger partial charge in [0.25, 0.3) is 0 Å². The normalized spacial score (nSPS) is 18.6. The highest BCUT2D eigenvalue weighted by atomic mass is 16.6. The molecule has 0 unspecified atom stereocenters.